The molecule has 4 nitrogen and oxygen atoms in total. The molecule has 0 fully saturated rings. The van der Waals surface area contributed by atoms with Gasteiger partial charge in [-0.05, 0) is 60.4 Å². The highest BCUT2D eigenvalue weighted by Gasteiger charge is 2.15. The number of carboxylic acids is 1. The van der Waals surface area contributed by atoms with Crippen LogP contribution in [0.4, 0.5) is 0 Å². The zero-order chi connectivity index (χ0) is 20.1. The van der Waals surface area contributed by atoms with E-state index >= 15 is 0 Å². The van der Waals surface area contributed by atoms with Crippen molar-refractivity contribution in [2.24, 2.45) is 0 Å². The van der Waals surface area contributed by atoms with Gasteiger partial charge in [-0.1, -0.05) is 48.5 Å². The van der Waals surface area contributed by atoms with Gasteiger partial charge in [-0.2, -0.15) is 0 Å². The molecule has 0 saturated heterocycles. The Bertz CT molecular complexity index is 934. The van der Waals surface area contributed by atoms with Crippen LogP contribution in [-0.2, 0) is 6.54 Å². The van der Waals surface area contributed by atoms with E-state index in [1.165, 1.54) is 5.39 Å². The SMILES string of the molecule is CC(C)N(CCC(O)c1ccc2ccccc2c1)Cc1ccc(C(=O)O)cc1. The average Bonchev–Trinajstić information content (AvgIpc) is 2.70. The molecule has 0 aliphatic heterocycles. The molecule has 0 aromatic heterocycles. The summed E-state index contributed by atoms with van der Waals surface area (Å²) in [7, 11) is 0. The quantitative estimate of drug-likeness (QED) is 0.588. The van der Waals surface area contributed by atoms with Gasteiger partial charge in [-0.15, -0.1) is 0 Å². The van der Waals surface area contributed by atoms with Gasteiger partial charge < -0.3 is 10.2 Å². The van der Waals surface area contributed by atoms with E-state index in [0.29, 0.717) is 18.0 Å². The minimum absolute atomic E-state index is 0.298. The van der Waals surface area contributed by atoms with Crippen LogP contribution < -0.4 is 0 Å². The highest BCUT2D eigenvalue weighted by molar-refractivity contribution is 5.87. The number of aromatic carboxylic acids is 1. The lowest BCUT2D eigenvalue weighted by Crippen LogP contribution is -2.32. The van der Waals surface area contributed by atoms with Crippen molar-refractivity contribution in [3.63, 3.8) is 0 Å². The maximum absolute atomic E-state index is 11.0. The third kappa shape index (κ3) is 4.97. The normalized spacial score (nSPS) is 12.6. The van der Waals surface area contributed by atoms with Gasteiger partial charge in [-0.3, -0.25) is 4.90 Å². The number of nitrogens with zero attached hydrogens (tertiary/aromatic N) is 1. The molecule has 0 bridgehead atoms. The predicted octanol–water partition coefficient (Wildman–Crippen LogP) is 4.87. The van der Waals surface area contributed by atoms with Gasteiger partial charge in [0, 0.05) is 19.1 Å². The lowest BCUT2D eigenvalue weighted by atomic mass is 10.0. The standard InChI is InChI=1S/C24H27NO3/c1-17(2)25(16-18-7-9-20(10-8-18)24(27)28)14-13-23(26)22-12-11-19-5-3-4-6-21(19)15-22/h3-12,15,17,23,26H,13-14,16H2,1-2H3,(H,27,28). The van der Waals surface area contributed by atoms with Crippen molar-refractivity contribution in [3.05, 3.63) is 83.4 Å². The number of hydrogen-bond donors (Lipinski definition) is 2. The Balaban J connectivity index is 1.64. The van der Waals surface area contributed by atoms with E-state index in [1.54, 1.807) is 12.1 Å². The lowest BCUT2D eigenvalue weighted by molar-refractivity contribution is 0.0696. The van der Waals surface area contributed by atoms with Gasteiger partial charge in [0.2, 0.25) is 0 Å². The molecule has 4 heteroatoms. The van der Waals surface area contributed by atoms with E-state index in [-0.39, 0.29) is 0 Å². The first-order valence-electron chi connectivity index (χ1n) is 9.67. The lowest BCUT2D eigenvalue weighted by Gasteiger charge is -2.27. The van der Waals surface area contributed by atoms with Crippen LogP contribution in [0.1, 0.15) is 47.9 Å². The summed E-state index contributed by atoms with van der Waals surface area (Å²) in [6, 6.07) is 21.6. The van der Waals surface area contributed by atoms with E-state index in [9.17, 15) is 9.90 Å². The van der Waals surface area contributed by atoms with E-state index in [4.69, 9.17) is 5.11 Å². The van der Waals surface area contributed by atoms with Crippen LogP contribution in [0.15, 0.2) is 66.7 Å². The summed E-state index contributed by atoms with van der Waals surface area (Å²) in [6.45, 7) is 5.75. The third-order valence-electron chi connectivity index (χ3n) is 5.16. The minimum atomic E-state index is -0.911. The van der Waals surface area contributed by atoms with Gasteiger partial charge >= 0.3 is 5.97 Å². The molecule has 0 radical (unpaired) electrons. The first kappa shape index (κ1) is 20.1. The number of aliphatic hydroxyl groups is 1. The largest absolute Gasteiger partial charge is 0.478 e. The van der Waals surface area contributed by atoms with Gasteiger partial charge in [0.1, 0.15) is 0 Å². The molecule has 1 atom stereocenters. The van der Waals surface area contributed by atoms with Gasteiger partial charge in [0.25, 0.3) is 0 Å². The summed E-state index contributed by atoms with van der Waals surface area (Å²) in [5.41, 5.74) is 2.30. The Kier molecular flexibility index (Phi) is 6.45. The molecule has 0 aliphatic carbocycles. The molecule has 146 valence electrons. The Morgan fingerprint density at radius 1 is 0.964 bits per heavy atom. The fourth-order valence-corrected chi connectivity index (χ4v) is 3.38. The maximum atomic E-state index is 11.0. The van der Waals surface area contributed by atoms with Crippen molar-refractivity contribution in [2.75, 3.05) is 6.54 Å². The minimum Gasteiger partial charge on any atom is -0.478 e. The van der Waals surface area contributed by atoms with Crippen LogP contribution in [-0.4, -0.2) is 33.7 Å². The summed E-state index contributed by atoms with van der Waals surface area (Å²) < 4.78 is 0. The second-order valence-corrected chi connectivity index (χ2v) is 7.48. The predicted molar refractivity (Wildman–Crippen MR) is 112 cm³/mol. The number of benzene rings is 3. The number of aliphatic hydroxyl groups excluding tert-OH is 1. The molecule has 0 spiro atoms. The van der Waals surface area contributed by atoms with Crippen molar-refractivity contribution < 1.29 is 15.0 Å². The van der Waals surface area contributed by atoms with Crippen LogP contribution >= 0.6 is 0 Å². The second kappa shape index (κ2) is 9.00. The molecule has 0 heterocycles. The van der Waals surface area contributed by atoms with Gasteiger partial charge in [-0.25, -0.2) is 4.79 Å². The van der Waals surface area contributed by atoms with Crippen molar-refractivity contribution in [2.45, 2.75) is 39.0 Å². The first-order chi connectivity index (χ1) is 13.4. The second-order valence-electron chi connectivity index (χ2n) is 7.48. The highest BCUT2D eigenvalue weighted by atomic mass is 16.4. The summed E-state index contributed by atoms with van der Waals surface area (Å²) in [4.78, 5) is 13.3. The van der Waals surface area contributed by atoms with Gasteiger partial charge in [0.05, 0.1) is 11.7 Å². The molecular weight excluding hydrogens is 350 g/mol. The van der Waals surface area contributed by atoms with E-state index < -0.39 is 12.1 Å². The monoisotopic (exact) mass is 377 g/mol. The van der Waals surface area contributed by atoms with Crippen molar-refractivity contribution in [3.8, 4) is 0 Å². The molecule has 0 aliphatic rings. The van der Waals surface area contributed by atoms with Crippen LogP contribution in [0, 0.1) is 0 Å². The fraction of sp³-hybridized carbons (Fsp3) is 0.292. The maximum Gasteiger partial charge on any atom is 0.335 e. The van der Waals surface area contributed by atoms with E-state index in [0.717, 1.165) is 29.6 Å². The van der Waals surface area contributed by atoms with Crippen LogP contribution in [0.2, 0.25) is 0 Å². The van der Waals surface area contributed by atoms with Crippen LogP contribution in [0.3, 0.4) is 0 Å². The van der Waals surface area contributed by atoms with Crippen molar-refractivity contribution >= 4 is 16.7 Å². The number of hydrogen-bond acceptors (Lipinski definition) is 3. The number of rotatable bonds is 8. The van der Waals surface area contributed by atoms with Gasteiger partial charge in [0.15, 0.2) is 0 Å². The van der Waals surface area contributed by atoms with Crippen LogP contribution in [0.25, 0.3) is 10.8 Å². The molecule has 0 amide bonds. The number of carboxylic acid groups (broad SMARTS) is 1. The Morgan fingerprint density at radius 2 is 1.64 bits per heavy atom. The smallest absolute Gasteiger partial charge is 0.335 e. The zero-order valence-electron chi connectivity index (χ0n) is 16.4. The molecule has 3 aromatic carbocycles. The first-order valence-corrected chi connectivity index (χ1v) is 9.67. The summed E-state index contributed by atoms with van der Waals surface area (Å²) in [6.07, 6.45) is 0.129. The molecule has 3 rings (SSSR count). The zero-order valence-corrected chi connectivity index (χ0v) is 16.4. The molecule has 28 heavy (non-hydrogen) atoms. The van der Waals surface area contributed by atoms with Crippen LogP contribution in [0.5, 0.6) is 0 Å². The molecule has 0 saturated carbocycles. The summed E-state index contributed by atoms with van der Waals surface area (Å²) in [5, 5.41) is 22.0. The van der Waals surface area contributed by atoms with E-state index in [2.05, 4.69) is 43.0 Å². The number of carbonyl (C=O) groups is 1. The van der Waals surface area contributed by atoms with E-state index in [1.807, 2.05) is 30.3 Å². The third-order valence-corrected chi connectivity index (χ3v) is 5.16. The average molecular weight is 377 g/mol. The Morgan fingerprint density at radius 3 is 2.29 bits per heavy atom. The molecule has 2 N–H and O–H groups in total. The Hall–Kier alpha value is -2.69. The summed E-state index contributed by atoms with van der Waals surface area (Å²) >= 11 is 0. The van der Waals surface area contributed by atoms with Crippen molar-refractivity contribution in [1.82, 2.24) is 4.90 Å². The fourth-order valence-electron chi connectivity index (χ4n) is 3.38. The molecule has 1 unspecified atom stereocenters. The molecule has 3 aromatic rings. The Labute approximate surface area is 166 Å². The van der Waals surface area contributed by atoms with Crippen molar-refractivity contribution in [1.29, 1.82) is 0 Å². The molecular formula is C24H27NO3. The summed E-state index contributed by atoms with van der Waals surface area (Å²) in [5.74, 6) is -0.911. The number of fused-ring (bicyclic) bond motifs is 1. The topological polar surface area (TPSA) is 60.8 Å². The highest BCUT2D eigenvalue weighted by Crippen LogP contribution is 2.23.